The molecule has 1 unspecified atom stereocenters. The van der Waals surface area contributed by atoms with Crippen molar-refractivity contribution in [2.45, 2.75) is 6.10 Å². The highest BCUT2D eigenvalue weighted by molar-refractivity contribution is 6.34. The molecule has 17 heavy (non-hydrogen) atoms. The minimum absolute atomic E-state index is 0.277. The maximum Gasteiger partial charge on any atom is 0.414 e. The standard InChI is InChI=1S/C11H13ClN2O3/c1-16-7-2-3-10(9(12)4-7)14-6-8(5-13)17-11(14)15/h2-4,8H,5-6,13H2,1H3. The number of nitrogens with zero attached hydrogens (tertiary/aromatic N) is 1. The van der Waals surface area contributed by atoms with Crippen molar-refractivity contribution in [3.05, 3.63) is 23.2 Å². The molecule has 0 aromatic heterocycles. The van der Waals surface area contributed by atoms with E-state index in [1.54, 1.807) is 25.3 Å². The fraction of sp³-hybridized carbons (Fsp3) is 0.364. The van der Waals surface area contributed by atoms with Crippen LogP contribution in [0.2, 0.25) is 5.02 Å². The SMILES string of the molecule is COc1ccc(N2CC(CN)OC2=O)c(Cl)c1. The lowest BCUT2D eigenvalue weighted by Crippen LogP contribution is -2.27. The van der Waals surface area contributed by atoms with Crippen LogP contribution in [0, 0.1) is 0 Å². The van der Waals surface area contributed by atoms with Gasteiger partial charge in [0, 0.05) is 12.6 Å². The Morgan fingerprint density at radius 1 is 1.65 bits per heavy atom. The van der Waals surface area contributed by atoms with Gasteiger partial charge in [0.05, 0.1) is 24.4 Å². The molecule has 1 fully saturated rings. The summed E-state index contributed by atoms with van der Waals surface area (Å²) in [5.74, 6) is 0.640. The molecule has 2 N–H and O–H groups in total. The molecule has 0 bridgehead atoms. The van der Waals surface area contributed by atoms with Gasteiger partial charge in [-0.25, -0.2) is 4.79 Å². The lowest BCUT2D eigenvalue weighted by molar-refractivity contribution is 0.145. The summed E-state index contributed by atoms with van der Waals surface area (Å²) in [6.45, 7) is 0.720. The van der Waals surface area contributed by atoms with E-state index in [1.807, 2.05) is 0 Å². The van der Waals surface area contributed by atoms with Gasteiger partial charge in [-0.15, -0.1) is 0 Å². The lowest BCUT2D eigenvalue weighted by atomic mass is 10.2. The molecule has 92 valence electrons. The van der Waals surface area contributed by atoms with E-state index < -0.39 is 6.09 Å². The Hall–Kier alpha value is -1.46. The first-order chi connectivity index (χ1) is 8.15. The molecule has 1 aliphatic heterocycles. The van der Waals surface area contributed by atoms with Crippen molar-refractivity contribution in [3.63, 3.8) is 0 Å². The van der Waals surface area contributed by atoms with Crippen LogP contribution in [0.4, 0.5) is 10.5 Å². The van der Waals surface area contributed by atoms with Crippen LogP contribution >= 0.6 is 11.6 Å². The minimum Gasteiger partial charge on any atom is -0.497 e. The number of rotatable bonds is 3. The molecule has 2 rings (SSSR count). The highest BCUT2D eigenvalue weighted by atomic mass is 35.5. The molecular formula is C11H13ClN2O3. The second-order valence-corrected chi connectivity index (χ2v) is 4.08. The van der Waals surface area contributed by atoms with Crippen molar-refractivity contribution >= 4 is 23.4 Å². The Morgan fingerprint density at radius 3 is 2.94 bits per heavy atom. The maximum absolute atomic E-state index is 11.6. The lowest BCUT2D eigenvalue weighted by Gasteiger charge is -2.15. The van der Waals surface area contributed by atoms with E-state index in [-0.39, 0.29) is 6.10 Å². The van der Waals surface area contributed by atoms with Gasteiger partial charge in [-0.1, -0.05) is 11.6 Å². The van der Waals surface area contributed by atoms with Crippen LogP contribution in [0.5, 0.6) is 5.75 Å². The number of nitrogens with two attached hydrogens (primary N) is 1. The minimum atomic E-state index is -0.424. The topological polar surface area (TPSA) is 64.8 Å². The first-order valence-electron chi connectivity index (χ1n) is 5.17. The number of benzene rings is 1. The highest BCUT2D eigenvalue weighted by Gasteiger charge is 2.32. The van der Waals surface area contributed by atoms with Crippen molar-refractivity contribution in [1.82, 2.24) is 0 Å². The summed E-state index contributed by atoms with van der Waals surface area (Å²) in [5.41, 5.74) is 6.07. The van der Waals surface area contributed by atoms with Crippen LogP contribution in [0.1, 0.15) is 0 Å². The predicted molar refractivity (Wildman–Crippen MR) is 64.7 cm³/mol. The summed E-state index contributed by atoms with van der Waals surface area (Å²) in [5, 5.41) is 0.443. The van der Waals surface area contributed by atoms with Gasteiger partial charge in [-0.05, 0) is 12.1 Å². The summed E-state index contributed by atoms with van der Waals surface area (Å²) in [6, 6.07) is 5.12. The number of anilines is 1. The van der Waals surface area contributed by atoms with Gasteiger partial charge in [0.15, 0.2) is 0 Å². The molecule has 5 nitrogen and oxygen atoms in total. The summed E-state index contributed by atoms with van der Waals surface area (Å²) in [6.07, 6.45) is -0.701. The molecule has 1 aromatic carbocycles. The van der Waals surface area contributed by atoms with Gasteiger partial charge in [0.25, 0.3) is 0 Å². The fourth-order valence-corrected chi connectivity index (χ4v) is 1.95. The Kier molecular flexibility index (Phi) is 3.40. The Bertz CT molecular complexity index is 439. The largest absolute Gasteiger partial charge is 0.497 e. The maximum atomic E-state index is 11.6. The number of ether oxygens (including phenoxy) is 2. The van der Waals surface area contributed by atoms with Crippen LogP contribution < -0.4 is 15.4 Å². The van der Waals surface area contributed by atoms with Crippen molar-refractivity contribution in [2.75, 3.05) is 25.1 Å². The Balaban J connectivity index is 2.26. The molecule has 1 atom stereocenters. The van der Waals surface area contributed by atoms with Gasteiger partial charge in [0.2, 0.25) is 0 Å². The average Bonchev–Trinajstić information content (AvgIpc) is 2.70. The molecule has 0 radical (unpaired) electrons. The molecule has 0 saturated carbocycles. The number of hydrogen-bond acceptors (Lipinski definition) is 4. The van der Waals surface area contributed by atoms with Crippen LogP contribution in [-0.4, -0.2) is 32.4 Å². The first-order valence-corrected chi connectivity index (χ1v) is 5.55. The molecule has 0 aliphatic carbocycles. The summed E-state index contributed by atoms with van der Waals surface area (Å²) < 4.78 is 10.1. The summed E-state index contributed by atoms with van der Waals surface area (Å²) in [4.78, 5) is 13.1. The highest BCUT2D eigenvalue weighted by Crippen LogP contribution is 2.32. The van der Waals surface area contributed by atoms with E-state index in [0.29, 0.717) is 29.5 Å². The summed E-state index contributed by atoms with van der Waals surface area (Å²) >= 11 is 6.08. The van der Waals surface area contributed by atoms with Crippen molar-refractivity contribution in [3.8, 4) is 5.75 Å². The zero-order valence-electron chi connectivity index (χ0n) is 9.35. The number of amides is 1. The van der Waals surface area contributed by atoms with E-state index >= 15 is 0 Å². The second-order valence-electron chi connectivity index (χ2n) is 3.67. The predicted octanol–water partition coefficient (Wildman–Crippen LogP) is 1.63. The van der Waals surface area contributed by atoms with Crippen LogP contribution in [-0.2, 0) is 4.74 Å². The number of cyclic esters (lactones) is 1. The fourth-order valence-electron chi connectivity index (χ4n) is 1.67. The molecule has 1 amide bonds. The first kappa shape index (κ1) is 12.0. The van der Waals surface area contributed by atoms with Gasteiger partial charge in [-0.2, -0.15) is 0 Å². The quantitative estimate of drug-likeness (QED) is 0.893. The molecule has 1 heterocycles. The third-order valence-electron chi connectivity index (χ3n) is 2.58. The van der Waals surface area contributed by atoms with Crippen molar-refractivity contribution < 1.29 is 14.3 Å². The number of carbonyl (C=O) groups excluding carboxylic acids is 1. The van der Waals surface area contributed by atoms with Crippen molar-refractivity contribution in [2.24, 2.45) is 5.73 Å². The Morgan fingerprint density at radius 2 is 2.41 bits per heavy atom. The molecular weight excluding hydrogens is 244 g/mol. The third-order valence-corrected chi connectivity index (χ3v) is 2.89. The van der Waals surface area contributed by atoms with Gasteiger partial charge in [0.1, 0.15) is 11.9 Å². The normalized spacial score (nSPS) is 19.4. The van der Waals surface area contributed by atoms with Gasteiger partial charge < -0.3 is 15.2 Å². The molecule has 1 saturated heterocycles. The third kappa shape index (κ3) is 2.30. The zero-order valence-corrected chi connectivity index (χ0v) is 10.1. The van der Waals surface area contributed by atoms with Crippen LogP contribution in [0.15, 0.2) is 18.2 Å². The van der Waals surface area contributed by atoms with Crippen LogP contribution in [0.25, 0.3) is 0 Å². The molecule has 1 aromatic rings. The average molecular weight is 257 g/mol. The number of halogens is 1. The van der Waals surface area contributed by atoms with Crippen LogP contribution in [0.3, 0.4) is 0 Å². The Labute approximate surface area is 104 Å². The van der Waals surface area contributed by atoms with E-state index in [2.05, 4.69) is 0 Å². The van der Waals surface area contributed by atoms with E-state index in [4.69, 9.17) is 26.8 Å². The molecule has 0 spiro atoms. The number of methoxy groups -OCH3 is 1. The van der Waals surface area contributed by atoms with Gasteiger partial charge in [-0.3, -0.25) is 4.90 Å². The zero-order chi connectivity index (χ0) is 12.4. The van der Waals surface area contributed by atoms with Crippen molar-refractivity contribution in [1.29, 1.82) is 0 Å². The molecule has 1 aliphatic rings. The van der Waals surface area contributed by atoms with E-state index in [0.717, 1.165) is 0 Å². The molecule has 6 heteroatoms. The number of carbonyl (C=O) groups is 1. The monoisotopic (exact) mass is 256 g/mol. The van der Waals surface area contributed by atoms with E-state index in [9.17, 15) is 4.79 Å². The van der Waals surface area contributed by atoms with E-state index in [1.165, 1.54) is 4.90 Å². The second kappa shape index (κ2) is 4.81. The van der Waals surface area contributed by atoms with Gasteiger partial charge >= 0.3 is 6.09 Å². The number of hydrogen-bond donors (Lipinski definition) is 1. The smallest absolute Gasteiger partial charge is 0.414 e. The summed E-state index contributed by atoms with van der Waals surface area (Å²) in [7, 11) is 1.56.